The van der Waals surface area contributed by atoms with E-state index in [0.29, 0.717) is 17.7 Å². The lowest BCUT2D eigenvalue weighted by Crippen LogP contribution is -2.31. The molecule has 0 radical (unpaired) electrons. The van der Waals surface area contributed by atoms with Gasteiger partial charge in [-0.1, -0.05) is 13.5 Å². The van der Waals surface area contributed by atoms with Crippen LogP contribution in [-0.2, 0) is 4.79 Å². The molecule has 2 aromatic carbocycles. The summed E-state index contributed by atoms with van der Waals surface area (Å²) in [5, 5.41) is 2.91. The van der Waals surface area contributed by atoms with Gasteiger partial charge in [0.25, 0.3) is 0 Å². The Balaban J connectivity index is 1.65. The second-order valence-electron chi connectivity index (χ2n) is 9.40. The maximum atomic E-state index is 15.4. The lowest BCUT2D eigenvalue weighted by Gasteiger charge is -2.23. The average Bonchev–Trinajstić information content (AvgIpc) is 3.40. The summed E-state index contributed by atoms with van der Waals surface area (Å²) >= 11 is 0. The van der Waals surface area contributed by atoms with Gasteiger partial charge >= 0.3 is 0 Å². The SMILES string of the molecule is C=CC(=O)N[C@@H]1CCC(C(C)c2ncnc(N)c2C(=NC)c2ccc(Oc3c(F)c(F)cc(F)c3F)cc2F)C1. The zero-order valence-corrected chi connectivity index (χ0v) is 21.6. The number of aromatic nitrogens is 2. The number of benzene rings is 2. The molecule has 1 saturated carbocycles. The zero-order valence-electron chi connectivity index (χ0n) is 21.6. The molecule has 1 heterocycles. The summed E-state index contributed by atoms with van der Waals surface area (Å²) in [7, 11) is 1.43. The van der Waals surface area contributed by atoms with Crippen molar-refractivity contribution in [1.82, 2.24) is 15.3 Å². The molecule has 3 N–H and O–H groups in total. The third kappa shape index (κ3) is 5.65. The molecule has 2 unspecified atom stereocenters. The van der Waals surface area contributed by atoms with E-state index in [0.717, 1.165) is 25.0 Å². The van der Waals surface area contributed by atoms with Crippen LogP contribution in [0, 0.1) is 35.0 Å². The van der Waals surface area contributed by atoms with Gasteiger partial charge in [-0.05, 0) is 43.4 Å². The number of amides is 1. The van der Waals surface area contributed by atoms with Crippen molar-refractivity contribution in [3.05, 3.63) is 89.2 Å². The van der Waals surface area contributed by atoms with E-state index in [4.69, 9.17) is 10.5 Å². The first kappa shape index (κ1) is 28.7. The number of nitrogens with two attached hydrogens (primary N) is 1. The van der Waals surface area contributed by atoms with E-state index >= 15 is 4.39 Å². The van der Waals surface area contributed by atoms with E-state index in [1.165, 1.54) is 25.5 Å². The van der Waals surface area contributed by atoms with E-state index in [2.05, 4.69) is 26.9 Å². The Kier molecular flexibility index (Phi) is 8.46. The van der Waals surface area contributed by atoms with Crippen molar-refractivity contribution in [2.24, 2.45) is 10.9 Å². The van der Waals surface area contributed by atoms with E-state index in [-0.39, 0.29) is 46.9 Å². The van der Waals surface area contributed by atoms with Crippen LogP contribution in [0.4, 0.5) is 27.8 Å². The molecule has 1 aromatic heterocycles. The highest BCUT2D eigenvalue weighted by Crippen LogP contribution is 2.39. The second-order valence-corrected chi connectivity index (χ2v) is 9.40. The number of nitrogens with one attached hydrogen (secondary N) is 1. The molecule has 210 valence electrons. The van der Waals surface area contributed by atoms with E-state index in [1.54, 1.807) is 0 Å². The smallest absolute Gasteiger partial charge is 0.243 e. The van der Waals surface area contributed by atoms with Crippen molar-refractivity contribution >= 4 is 17.4 Å². The highest BCUT2D eigenvalue weighted by molar-refractivity contribution is 6.16. The molecule has 7 nitrogen and oxygen atoms in total. The highest BCUT2D eigenvalue weighted by atomic mass is 19.2. The minimum atomic E-state index is -1.76. The lowest BCUT2D eigenvalue weighted by atomic mass is 9.85. The van der Waals surface area contributed by atoms with Crippen molar-refractivity contribution in [2.45, 2.75) is 38.1 Å². The Hall–Kier alpha value is -4.35. The predicted octanol–water partition coefficient (Wildman–Crippen LogP) is 5.59. The average molecular weight is 560 g/mol. The summed E-state index contributed by atoms with van der Waals surface area (Å²) < 4.78 is 75.5. The fourth-order valence-electron chi connectivity index (χ4n) is 4.96. The van der Waals surface area contributed by atoms with Crippen molar-refractivity contribution in [2.75, 3.05) is 12.8 Å². The van der Waals surface area contributed by atoms with Gasteiger partial charge in [-0.15, -0.1) is 0 Å². The summed E-state index contributed by atoms with van der Waals surface area (Å²) in [5.41, 5.74) is 7.15. The molecule has 0 aliphatic heterocycles. The van der Waals surface area contributed by atoms with Crippen molar-refractivity contribution in [3.8, 4) is 11.5 Å². The Morgan fingerprint density at radius 1 is 1.12 bits per heavy atom. The number of hydrogen-bond acceptors (Lipinski definition) is 6. The molecule has 0 bridgehead atoms. The highest BCUT2D eigenvalue weighted by Gasteiger charge is 2.33. The molecule has 40 heavy (non-hydrogen) atoms. The Bertz CT molecular complexity index is 1470. The van der Waals surface area contributed by atoms with Gasteiger partial charge in [0.2, 0.25) is 23.3 Å². The maximum absolute atomic E-state index is 15.4. The first-order valence-corrected chi connectivity index (χ1v) is 12.4. The van der Waals surface area contributed by atoms with Crippen molar-refractivity contribution < 1.29 is 31.5 Å². The van der Waals surface area contributed by atoms with Crippen LogP contribution >= 0.6 is 0 Å². The molecule has 1 amide bonds. The standard InChI is InChI=1S/C28H26F5N5O2/c1-4-21(39)38-15-6-5-14(9-15)13(2)25-22(28(34)37-12-36-25)26(35-3)17-8-7-16(10-18(17)29)40-27-23(32)19(30)11-20(31)24(27)33/h4,7-8,10-15H,1,5-6,9H2,2-3H3,(H,38,39)(H2,34,36,37)/t13?,14?,15-/m1/s1. The van der Waals surface area contributed by atoms with Gasteiger partial charge in [0.05, 0.1) is 17.0 Å². The molecule has 4 rings (SSSR count). The molecule has 0 spiro atoms. The van der Waals surface area contributed by atoms with Gasteiger partial charge in [-0.3, -0.25) is 9.79 Å². The van der Waals surface area contributed by atoms with Crippen LogP contribution in [0.3, 0.4) is 0 Å². The fourth-order valence-corrected chi connectivity index (χ4v) is 4.96. The number of rotatable bonds is 8. The summed E-state index contributed by atoms with van der Waals surface area (Å²) in [4.78, 5) is 24.5. The number of aliphatic imine (C=N–C) groups is 1. The van der Waals surface area contributed by atoms with Crippen LogP contribution in [0.15, 0.2) is 48.2 Å². The summed E-state index contributed by atoms with van der Waals surface area (Å²) in [5.74, 6) is -9.74. The number of anilines is 1. The minimum Gasteiger partial charge on any atom is -0.451 e. The predicted molar refractivity (Wildman–Crippen MR) is 139 cm³/mol. The van der Waals surface area contributed by atoms with Crippen LogP contribution in [0.25, 0.3) is 0 Å². The number of nitrogen functional groups attached to an aromatic ring is 1. The van der Waals surface area contributed by atoms with Gasteiger partial charge in [0.1, 0.15) is 23.7 Å². The number of carbonyl (C=O) groups excluding carboxylic acids is 1. The molecule has 1 fully saturated rings. The topological polar surface area (TPSA) is 102 Å². The third-order valence-electron chi connectivity index (χ3n) is 7.00. The first-order chi connectivity index (χ1) is 19.0. The molecule has 1 aliphatic rings. The lowest BCUT2D eigenvalue weighted by molar-refractivity contribution is -0.117. The number of ether oxygens (including phenoxy) is 1. The van der Waals surface area contributed by atoms with Gasteiger partial charge in [-0.25, -0.2) is 23.1 Å². The first-order valence-electron chi connectivity index (χ1n) is 12.4. The Morgan fingerprint density at radius 2 is 1.82 bits per heavy atom. The number of halogens is 5. The molecule has 3 atom stereocenters. The summed E-state index contributed by atoms with van der Waals surface area (Å²) in [6.07, 6.45) is 4.79. The Morgan fingerprint density at radius 3 is 2.45 bits per heavy atom. The minimum absolute atomic E-state index is 0.0221. The molecule has 1 aliphatic carbocycles. The maximum Gasteiger partial charge on any atom is 0.243 e. The van der Waals surface area contributed by atoms with Crippen LogP contribution in [0.1, 0.15) is 48.9 Å². The monoisotopic (exact) mass is 559 g/mol. The van der Waals surface area contributed by atoms with Crippen LogP contribution in [0.5, 0.6) is 11.5 Å². The molecular weight excluding hydrogens is 533 g/mol. The third-order valence-corrected chi connectivity index (χ3v) is 7.00. The summed E-state index contributed by atoms with van der Waals surface area (Å²) in [6, 6.07) is 3.22. The number of hydrogen-bond donors (Lipinski definition) is 2. The van der Waals surface area contributed by atoms with Crippen LogP contribution in [-0.4, -0.2) is 34.7 Å². The largest absolute Gasteiger partial charge is 0.451 e. The second kappa shape index (κ2) is 11.8. The van der Waals surface area contributed by atoms with Gasteiger partial charge < -0.3 is 15.8 Å². The van der Waals surface area contributed by atoms with Gasteiger partial charge in [-0.2, -0.15) is 8.78 Å². The summed E-state index contributed by atoms with van der Waals surface area (Å²) in [6.45, 7) is 5.43. The van der Waals surface area contributed by atoms with E-state index in [9.17, 15) is 22.4 Å². The van der Waals surface area contributed by atoms with Crippen LogP contribution in [0.2, 0.25) is 0 Å². The molecule has 12 heteroatoms. The molecule has 3 aromatic rings. The normalized spacial score (nSPS) is 17.9. The van der Waals surface area contributed by atoms with Crippen molar-refractivity contribution in [3.63, 3.8) is 0 Å². The van der Waals surface area contributed by atoms with E-state index in [1.807, 2.05) is 6.92 Å². The molecular formula is C28H26F5N5O2. The number of nitrogens with zero attached hydrogens (tertiary/aromatic N) is 3. The fraction of sp³-hybridized carbons (Fsp3) is 0.286. The van der Waals surface area contributed by atoms with Crippen LogP contribution < -0.4 is 15.8 Å². The quantitative estimate of drug-likeness (QED) is 0.162. The van der Waals surface area contributed by atoms with Gasteiger partial charge in [0.15, 0.2) is 11.6 Å². The van der Waals surface area contributed by atoms with Crippen molar-refractivity contribution in [1.29, 1.82) is 0 Å². The van der Waals surface area contributed by atoms with Gasteiger partial charge in [0, 0.05) is 36.7 Å². The van der Waals surface area contributed by atoms with E-state index < -0.39 is 40.6 Å². The number of carbonyl (C=O) groups is 1. The molecule has 0 saturated heterocycles. The zero-order chi connectivity index (χ0) is 29.1. The Labute approximate surface area is 227 Å².